The second-order valence-electron chi connectivity index (χ2n) is 7.71. The highest BCUT2D eigenvalue weighted by atomic mass is 16.5. The van der Waals surface area contributed by atoms with Crippen molar-refractivity contribution < 1.29 is 4.74 Å². The molecule has 0 amide bonds. The van der Waals surface area contributed by atoms with Crippen molar-refractivity contribution in [2.24, 2.45) is 0 Å². The van der Waals surface area contributed by atoms with E-state index in [4.69, 9.17) is 4.74 Å². The Labute approximate surface area is 152 Å². The van der Waals surface area contributed by atoms with Crippen LogP contribution in [0.4, 0.5) is 0 Å². The van der Waals surface area contributed by atoms with E-state index in [-0.39, 0.29) is 5.56 Å². The van der Waals surface area contributed by atoms with Crippen molar-refractivity contribution in [1.82, 2.24) is 24.5 Å². The number of aromatic nitrogens is 4. The van der Waals surface area contributed by atoms with Gasteiger partial charge >= 0.3 is 0 Å². The van der Waals surface area contributed by atoms with Gasteiger partial charge in [0.1, 0.15) is 0 Å². The fourth-order valence-electron chi connectivity index (χ4n) is 4.18. The Morgan fingerprint density at radius 2 is 2.12 bits per heavy atom. The van der Waals surface area contributed by atoms with Gasteiger partial charge in [-0.15, -0.1) is 0 Å². The van der Waals surface area contributed by atoms with Crippen molar-refractivity contribution in [2.75, 3.05) is 13.2 Å². The van der Waals surface area contributed by atoms with Gasteiger partial charge < -0.3 is 4.74 Å². The zero-order chi connectivity index (χ0) is 17.5. The van der Waals surface area contributed by atoms with Gasteiger partial charge in [0.05, 0.1) is 43.9 Å². The van der Waals surface area contributed by atoms with Crippen molar-refractivity contribution in [3.63, 3.8) is 0 Å². The molecular formula is C19H25N5O2. The van der Waals surface area contributed by atoms with Crippen LogP contribution in [0.3, 0.4) is 0 Å². The highest BCUT2D eigenvalue weighted by Gasteiger charge is 2.29. The third kappa shape index (κ3) is 3.10. The van der Waals surface area contributed by atoms with Gasteiger partial charge in [-0.2, -0.15) is 10.2 Å². The van der Waals surface area contributed by atoms with Crippen LogP contribution in [0, 0.1) is 0 Å². The lowest BCUT2D eigenvalue weighted by molar-refractivity contribution is 0.0785. The summed E-state index contributed by atoms with van der Waals surface area (Å²) in [6.07, 6.45) is 6.67. The monoisotopic (exact) mass is 355 g/mol. The molecule has 2 aromatic heterocycles. The second-order valence-corrected chi connectivity index (χ2v) is 7.71. The van der Waals surface area contributed by atoms with Gasteiger partial charge in [0.15, 0.2) is 0 Å². The molecule has 5 rings (SSSR count). The van der Waals surface area contributed by atoms with E-state index in [1.165, 1.54) is 30.5 Å². The quantitative estimate of drug-likeness (QED) is 0.813. The van der Waals surface area contributed by atoms with Gasteiger partial charge in [-0.25, -0.2) is 4.68 Å². The van der Waals surface area contributed by atoms with Crippen LogP contribution in [0.2, 0.25) is 0 Å². The minimum Gasteiger partial charge on any atom is -0.373 e. The smallest absolute Gasteiger partial charge is 0.266 e. The average Bonchev–Trinajstić information content (AvgIpc) is 3.30. The van der Waals surface area contributed by atoms with Crippen LogP contribution >= 0.6 is 0 Å². The fourth-order valence-corrected chi connectivity index (χ4v) is 4.18. The van der Waals surface area contributed by atoms with Crippen molar-refractivity contribution in [3.8, 4) is 0 Å². The van der Waals surface area contributed by atoms with E-state index in [9.17, 15) is 4.79 Å². The van der Waals surface area contributed by atoms with E-state index in [1.807, 2.05) is 12.3 Å². The number of rotatable bonds is 5. The molecule has 2 aliphatic heterocycles. The van der Waals surface area contributed by atoms with Gasteiger partial charge in [0.2, 0.25) is 0 Å². The zero-order valence-electron chi connectivity index (χ0n) is 15.0. The molecule has 7 nitrogen and oxygen atoms in total. The van der Waals surface area contributed by atoms with E-state index in [2.05, 4.69) is 19.8 Å². The van der Waals surface area contributed by atoms with Gasteiger partial charge in [-0.1, -0.05) is 0 Å². The summed E-state index contributed by atoms with van der Waals surface area (Å²) in [5, 5.41) is 9.14. The maximum Gasteiger partial charge on any atom is 0.266 e. The Hall–Kier alpha value is -1.99. The molecule has 26 heavy (non-hydrogen) atoms. The first kappa shape index (κ1) is 16.2. The topological polar surface area (TPSA) is 65.2 Å². The number of hydrogen-bond acceptors (Lipinski definition) is 5. The molecule has 1 aliphatic carbocycles. The lowest BCUT2D eigenvalue weighted by atomic mass is 10.2. The number of ether oxygens (including phenoxy) is 1. The maximum atomic E-state index is 12.3. The molecule has 2 aromatic rings. The molecule has 1 unspecified atom stereocenters. The van der Waals surface area contributed by atoms with Crippen molar-refractivity contribution in [1.29, 1.82) is 0 Å². The van der Waals surface area contributed by atoms with Crippen LogP contribution in [0.15, 0.2) is 23.1 Å². The summed E-state index contributed by atoms with van der Waals surface area (Å²) in [7, 11) is 0. The molecule has 0 spiro atoms. The number of fused-ring (bicyclic) bond motifs is 1. The molecule has 4 heterocycles. The van der Waals surface area contributed by atoms with E-state index in [0.29, 0.717) is 25.1 Å². The fraction of sp³-hybridized carbons (Fsp3) is 0.632. The Balaban J connectivity index is 1.32. The van der Waals surface area contributed by atoms with Crippen LogP contribution in [0.5, 0.6) is 0 Å². The third-order valence-corrected chi connectivity index (χ3v) is 5.86. The predicted molar refractivity (Wildman–Crippen MR) is 95.8 cm³/mol. The second kappa shape index (κ2) is 6.63. The number of likely N-dealkylation sites (tertiary alicyclic amines) is 1. The highest BCUT2D eigenvalue weighted by Crippen LogP contribution is 2.38. The molecule has 2 fully saturated rings. The molecule has 1 atom stereocenters. The number of nitrogens with zero attached hydrogens (tertiary/aromatic N) is 5. The molecule has 0 bridgehead atoms. The predicted octanol–water partition coefficient (Wildman–Crippen LogP) is 1.51. The van der Waals surface area contributed by atoms with E-state index >= 15 is 0 Å². The van der Waals surface area contributed by atoms with Crippen molar-refractivity contribution in [3.05, 3.63) is 45.6 Å². The van der Waals surface area contributed by atoms with Crippen molar-refractivity contribution >= 4 is 0 Å². The summed E-state index contributed by atoms with van der Waals surface area (Å²) in [6.45, 7) is 4.85. The average molecular weight is 355 g/mol. The third-order valence-electron chi connectivity index (χ3n) is 5.86. The summed E-state index contributed by atoms with van der Waals surface area (Å²) in [4.78, 5) is 14.7. The van der Waals surface area contributed by atoms with Crippen LogP contribution < -0.4 is 5.56 Å². The zero-order valence-corrected chi connectivity index (χ0v) is 15.0. The summed E-state index contributed by atoms with van der Waals surface area (Å²) in [5.41, 5.74) is 3.55. The van der Waals surface area contributed by atoms with Crippen LogP contribution in [0.1, 0.15) is 48.6 Å². The first-order chi connectivity index (χ1) is 12.8. The van der Waals surface area contributed by atoms with Gasteiger partial charge in [-0.3, -0.25) is 14.4 Å². The molecule has 138 valence electrons. The highest BCUT2D eigenvalue weighted by molar-refractivity contribution is 5.18. The van der Waals surface area contributed by atoms with E-state index < -0.39 is 0 Å². The molecule has 7 heteroatoms. The summed E-state index contributed by atoms with van der Waals surface area (Å²) < 4.78 is 9.36. The summed E-state index contributed by atoms with van der Waals surface area (Å²) >= 11 is 0. The summed E-state index contributed by atoms with van der Waals surface area (Å²) in [6, 6.07) is 3.95. The Bertz CT molecular complexity index is 854. The van der Waals surface area contributed by atoms with Crippen molar-refractivity contribution in [2.45, 2.75) is 63.9 Å². The van der Waals surface area contributed by atoms with Gasteiger partial charge in [0.25, 0.3) is 5.56 Å². The molecule has 1 saturated heterocycles. The maximum absolute atomic E-state index is 12.3. The van der Waals surface area contributed by atoms with Crippen LogP contribution in [-0.2, 0) is 31.0 Å². The molecule has 0 aromatic carbocycles. The van der Waals surface area contributed by atoms with Crippen LogP contribution in [0.25, 0.3) is 0 Å². The van der Waals surface area contributed by atoms with E-state index in [1.54, 1.807) is 10.7 Å². The molecular weight excluding hydrogens is 330 g/mol. The molecule has 1 saturated carbocycles. The van der Waals surface area contributed by atoms with Crippen LogP contribution in [-0.4, -0.2) is 43.7 Å². The normalized spacial score (nSPS) is 23.3. The first-order valence-corrected chi connectivity index (χ1v) is 9.71. The SMILES string of the molecule is O=c1ccc(C2CC2)nn1CC1CCCN1Cc1cnn2c1COCC2. The first-order valence-electron chi connectivity index (χ1n) is 9.71. The molecule has 0 radical (unpaired) electrons. The van der Waals surface area contributed by atoms with Gasteiger partial charge in [-0.05, 0) is 38.3 Å². The lowest BCUT2D eigenvalue weighted by Crippen LogP contribution is -2.37. The summed E-state index contributed by atoms with van der Waals surface area (Å²) in [5.74, 6) is 0.570. The van der Waals surface area contributed by atoms with E-state index in [0.717, 1.165) is 38.4 Å². The Morgan fingerprint density at radius 1 is 1.19 bits per heavy atom. The Kier molecular flexibility index (Phi) is 4.13. The minimum atomic E-state index is 0.0116. The minimum absolute atomic E-state index is 0.0116. The molecule has 0 N–H and O–H groups in total. The Morgan fingerprint density at radius 3 is 3.00 bits per heavy atom. The number of hydrogen-bond donors (Lipinski definition) is 0. The van der Waals surface area contributed by atoms with Gasteiger partial charge in [0, 0.05) is 30.1 Å². The largest absolute Gasteiger partial charge is 0.373 e. The molecule has 3 aliphatic rings. The lowest BCUT2D eigenvalue weighted by Gasteiger charge is -2.25. The standard InChI is InChI=1S/C19H25N5O2/c25-19-6-5-17(14-3-4-14)21-24(19)12-16-2-1-7-22(16)11-15-10-20-23-8-9-26-13-18(15)23/h5-6,10,14,16H,1-4,7-9,11-13H2.